The minimum Gasteiger partial charge on any atom is -0.396 e. The fourth-order valence-electron chi connectivity index (χ4n) is 2.41. The smallest absolute Gasteiger partial charge is 0.0689 e. The lowest BCUT2D eigenvalue weighted by atomic mass is 9.96. The maximum absolute atomic E-state index is 9.19. The second-order valence-corrected chi connectivity index (χ2v) is 4.95. The minimum atomic E-state index is 0.229. The molecule has 0 aromatic heterocycles. The summed E-state index contributed by atoms with van der Waals surface area (Å²) in [6.45, 7) is 3.60. The lowest BCUT2D eigenvalue weighted by Gasteiger charge is -2.19. The third-order valence-corrected chi connectivity index (χ3v) is 3.47. The van der Waals surface area contributed by atoms with Crippen molar-refractivity contribution in [2.45, 2.75) is 18.8 Å². The van der Waals surface area contributed by atoms with E-state index in [1.54, 1.807) is 0 Å². The Balaban J connectivity index is 1.82. The quantitative estimate of drug-likeness (QED) is 0.739. The van der Waals surface area contributed by atoms with Crippen LogP contribution >= 0.6 is 0 Å². The number of rotatable bonds is 7. The first kappa shape index (κ1) is 14.3. The van der Waals surface area contributed by atoms with Gasteiger partial charge in [-0.25, -0.2) is 0 Å². The van der Waals surface area contributed by atoms with Gasteiger partial charge in [-0.3, -0.25) is 0 Å². The molecule has 0 saturated heterocycles. The Morgan fingerprint density at radius 2 is 2.11 bits per heavy atom. The van der Waals surface area contributed by atoms with Crippen LogP contribution in [0.2, 0.25) is 0 Å². The van der Waals surface area contributed by atoms with Crippen molar-refractivity contribution in [3.63, 3.8) is 0 Å². The van der Waals surface area contributed by atoms with Crippen molar-refractivity contribution in [2.24, 2.45) is 0 Å². The zero-order valence-corrected chi connectivity index (χ0v) is 11.3. The van der Waals surface area contributed by atoms with Crippen molar-refractivity contribution in [3.8, 4) is 0 Å². The molecule has 2 N–H and O–H groups in total. The summed E-state index contributed by atoms with van der Waals surface area (Å²) in [6.07, 6.45) is 4.09. The van der Waals surface area contributed by atoms with Gasteiger partial charge in [-0.15, -0.1) is 0 Å². The fraction of sp³-hybridized carbons (Fsp3) is 0.500. The molecule has 1 atom stereocenters. The molecule has 0 bridgehead atoms. The number of nitrogens with one attached hydrogen (secondary N) is 1. The van der Waals surface area contributed by atoms with Crippen LogP contribution in [-0.4, -0.2) is 38.0 Å². The number of hydrogen-bond donors (Lipinski definition) is 2. The van der Waals surface area contributed by atoms with Crippen LogP contribution in [-0.2, 0) is 4.74 Å². The van der Waals surface area contributed by atoms with Gasteiger partial charge in [0.25, 0.3) is 0 Å². The first-order valence-electron chi connectivity index (χ1n) is 7.02. The highest BCUT2D eigenvalue weighted by Crippen LogP contribution is 2.18. The summed E-state index contributed by atoms with van der Waals surface area (Å²) in [6, 6.07) is 10.4. The summed E-state index contributed by atoms with van der Waals surface area (Å²) in [4.78, 5) is 0. The standard InChI is InChI=1S/C16H23NO2/c18-9-8-16(15-6-2-1-3-7-15)12-17-11-14-5-4-10-19-13-14/h1-3,5-7,16-18H,4,8-13H2. The Kier molecular flexibility index (Phi) is 6.08. The lowest BCUT2D eigenvalue weighted by molar-refractivity contribution is 0.148. The van der Waals surface area contributed by atoms with E-state index in [1.165, 1.54) is 11.1 Å². The maximum atomic E-state index is 9.19. The van der Waals surface area contributed by atoms with Gasteiger partial charge in [-0.05, 0) is 29.9 Å². The topological polar surface area (TPSA) is 41.5 Å². The minimum absolute atomic E-state index is 0.229. The maximum Gasteiger partial charge on any atom is 0.0689 e. The van der Waals surface area contributed by atoms with E-state index in [2.05, 4.69) is 35.7 Å². The van der Waals surface area contributed by atoms with Crippen molar-refractivity contribution in [2.75, 3.05) is 32.9 Å². The normalized spacial score (nSPS) is 17.0. The molecule has 0 aliphatic carbocycles. The van der Waals surface area contributed by atoms with Crippen LogP contribution in [0.4, 0.5) is 0 Å². The molecule has 3 heteroatoms. The molecule has 3 nitrogen and oxygen atoms in total. The second-order valence-electron chi connectivity index (χ2n) is 4.95. The van der Waals surface area contributed by atoms with E-state index in [0.29, 0.717) is 5.92 Å². The average Bonchev–Trinajstić information content (AvgIpc) is 2.48. The Labute approximate surface area is 115 Å². The summed E-state index contributed by atoms with van der Waals surface area (Å²) in [7, 11) is 0. The molecular weight excluding hydrogens is 238 g/mol. The van der Waals surface area contributed by atoms with Gasteiger partial charge < -0.3 is 15.2 Å². The number of ether oxygens (including phenoxy) is 1. The van der Waals surface area contributed by atoms with Crippen LogP contribution in [0.5, 0.6) is 0 Å². The van der Waals surface area contributed by atoms with Gasteiger partial charge >= 0.3 is 0 Å². The zero-order valence-electron chi connectivity index (χ0n) is 11.3. The summed E-state index contributed by atoms with van der Waals surface area (Å²) in [5.74, 6) is 0.372. The molecule has 19 heavy (non-hydrogen) atoms. The van der Waals surface area contributed by atoms with Gasteiger partial charge in [0.05, 0.1) is 13.2 Å². The van der Waals surface area contributed by atoms with Gasteiger partial charge in [0.15, 0.2) is 0 Å². The molecular formula is C16H23NO2. The van der Waals surface area contributed by atoms with Crippen molar-refractivity contribution in [3.05, 3.63) is 47.5 Å². The van der Waals surface area contributed by atoms with Crippen LogP contribution in [0.3, 0.4) is 0 Å². The van der Waals surface area contributed by atoms with E-state index in [0.717, 1.165) is 39.1 Å². The summed E-state index contributed by atoms with van der Waals surface area (Å²) < 4.78 is 5.42. The van der Waals surface area contributed by atoms with Crippen molar-refractivity contribution in [1.82, 2.24) is 5.32 Å². The van der Waals surface area contributed by atoms with Crippen LogP contribution < -0.4 is 5.32 Å². The molecule has 0 saturated carbocycles. The van der Waals surface area contributed by atoms with Gasteiger partial charge in [-0.2, -0.15) is 0 Å². The van der Waals surface area contributed by atoms with Gasteiger partial charge in [0.2, 0.25) is 0 Å². The number of benzene rings is 1. The molecule has 1 aromatic carbocycles. The van der Waals surface area contributed by atoms with Crippen LogP contribution in [0.25, 0.3) is 0 Å². The molecule has 1 aliphatic heterocycles. The first-order chi connectivity index (χ1) is 9.40. The van der Waals surface area contributed by atoms with E-state index < -0.39 is 0 Å². The number of aliphatic hydroxyl groups is 1. The predicted molar refractivity (Wildman–Crippen MR) is 77.3 cm³/mol. The molecule has 0 spiro atoms. The molecule has 2 rings (SSSR count). The van der Waals surface area contributed by atoms with Crippen LogP contribution in [0, 0.1) is 0 Å². The Bertz CT molecular complexity index is 389. The second kappa shape index (κ2) is 8.10. The molecule has 0 radical (unpaired) electrons. The zero-order chi connectivity index (χ0) is 13.3. The predicted octanol–water partition coefficient (Wildman–Crippen LogP) is 2.09. The van der Waals surface area contributed by atoms with E-state index in [-0.39, 0.29) is 6.61 Å². The monoisotopic (exact) mass is 261 g/mol. The Morgan fingerprint density at radius 3 is 2.79 bits per heavy atom. The molecule has 1 unspecified atom stereocenters. The van der Waals surface area contributed by atoms with Crippen LogP contribution in [0.1, 0.15) is 24.3 Å². The third-order valence-electron chi connectivity index (χ3n) is 3.47. The largest absolute Gasteiger partial charge is 0.396 e. The highest BCUT2D eigenvalue weighted by atomic mass is 16.5. The average molecular weight is 261 g/mol. The van der Waals surface area contributed by atoms with Gasteiger partial charge in [0, 0.05) is 19.7 Å². The number of aliphatic hydroxyl groups excluding tert-OH is 1. The fourth-order valence-corrected chi connectivity index (χ4v) is 2.41. The third kappa shape index (κ3) is 4.78. The molecule has 1 aliphatic rings. The van der Waals surface area contributed by atoms with Gasteiger partial charge in [0.1, 0.15) is 0 Å². The van der Waals surface area contributed by atoms with E-state index >= 15 is 0 Å². The molecule has 0 fully saturated rings. The van der Waals surface area contributed by atoms with E-state index in [4.69, 9.17) is 4.74 Å². The lowest BCUT2D eigenvalue weighted by Crippen LogP contribution is -2.26. The first-order valence-corrected chi connectivity index (χ1v) is 7.02. The summed E-state index contributed by atoms with van der Waals surface area (Å²) in [5, 5.41) is 12.7. The Hall–Kier alpha value is -1.16. The SMILES string of the molecule is OCCC(CNCC1=CCCOC1)c1ccccc1. The van der Waals surface area contributed by atoms with Crippen LogP contribution in [0.15, 0.2) is 42.0 Å². The molecule has 0 amide bonds. The summed E-state index contributed by atoms with van der Waals surface area (Å²) in [5.41, 5.74) is 2.62. The van der Waals surface area contributed by atoms with Crippen molar-refractivity contribution < 1.29 is 9.84 Å². The highest BCUT2D eigenvalue weighted by molar-refractivity contribution is 5.20. The highest BCUT2D eigenvalue weighted by Gasteiger charge is 2.11. The summed E-state index contributed by atoms with van der Waals surface area (Å²) >= 11 is 0. The van der Waals surface area contributed by atoms with Crippen molar-refractivity contribution >= 4 is 0 Å². The molecule has 104 valence electrons. The molecule has 1 heterocycles. The number of hydrogen-bond acceptors (Lipinski definition) is 3. The molecule has 1 aromatic rings. The van der Waals surface area contributed by atoms with Crippen molar-refractivity contribution in [1.29, 1.82) is 0 Å². The van der Waals surface area contributed by atoms with E-state index in [1.807, 2.05) is 6.07 Å². The van der Waals surface area contributed by atoms with Gasteiger partial charge in [-0.1, -0.05) is 36.4 Å². The van der Waals surface area contributed by atoms with E-state index in [9.17, 15) is 5.11 Å². The Morgan fingerprint density at radius 1 is 1.26 bits per heavy atom.